The SMILES string of the molecule is C=CC(c1ccco1)C(C#N)C(=O)OC. The number of furan rings is 1. The van der Waals surface area contributed by atoms with E-state index in [1.54, 1.807) is 12.1 Å². The van der Waals surface area contributed by atoms with Gasteiger partial charge in [-0.3, -0.25) is 4.79 Å². The summed E-state index contributed by atoms with van der Waals surface area (Å²) in [4.78, 5) is 11.3. The average Bonchev–Trinajstić information content (AvgIpc) is 2.77. The summed E-state index contributed by atoms with van der Waals surface area (Å²) in [6.45, 7) is 3.58. The number of nitrogens with zero attached hydrogens (tertiary/aromatic N) is 1. The van der Waals surface area contributed by atoms with Crippen molar-refractivity contribution in [1.82, 2.24) is 0 Å². The molecule has 1 heterocycles. The minimum Gasteiger partial charge on any atom is -0.469 e. The highest BCUT2D eigenvalue weighted by molar-refractivity contribution is 5.76. The molecular formula is C11H11NO3. The molecule has 2 atom stereocenters. The van der Waals surface area contributed by atoms with Gasteiger partial charge in [-0.1, -0.05) is 6.08 Å². The van der Waals surface area contributed by atoms with E-state index in [-0.39, 0.29) is 0 Å². The minimum atomic E-state index is -0.918. The standard InChI is InChI=1S/C11H11NO3/c1-3-8(10-5-4-6-15-10)9(7-12)11(13)14-2/h3-6,8-9H,1H2,2H3. The number of methoxy groups -OCH3 is 1. The molecule has 1 rings (SSSR count). The van der Waals surface area contributed by atoms with Crippen LogP contribution < -0.4 is 0 Å². The summed E-state index contributed by atoms with van der Waals surface area (Å²) < 4.78 is 9.67. The second-order valence-electron chi connectivity index (χ2n) is 2.91. The second-order valence-corrected chi connectivity index (χ2v) is 2.91. The van der Waals surface area contributed by atoms with E-state index in [4.69, 9.17) is 9.68 Å². The lowest BCUT2D eigenvalue weighted by atomic mass is 9.91. The summed E-state index contributed by atoms with van der Waals surface area (Å²) in [7, 11) is 1.24. The molecule has 0 aliphatic carbocycles. The lowest BCUT2D eigenvalue weighted by molar-refractivity contribution is -0.143. The predicted molar refractivity (Wildman–Crippen MR) is 52.8 cm³/mol. The highest BCUT2D eigenvalue weighted by Crippen LogP contribution is 2.26. The number of hydrogen-bond acceptors (Lipinski definition) is 4. The van der Waals surface area contributed by atoms with Gasteiger partial charge < -0.3 is 9.15 Å². The summed E-state index contributed by atoms with van der Waals surface area (Å²) in [5.74, 6) is -1.45. The third-order valence-electron chi connectivity index (χ3n) is 2.08. The Hall–Kier alpha value is -2.02. The van der Waals surface area contributed by atoms with Crippen molar-refractivity contribution in [3.63, 3.8) is 0 Å². The smallest absolute Gasteiger partial charge is 0.324 e. The molecule has 0 aliphatic heterocycles. The molecule has 78 valence electrons. The Morgan fingerprint density at radius 1 is 1.80 bits per heavy atom. The fourth-order valence-electron chi connectivity index (χ4n) is 1.30. The van der Waals surface area contributed by atoms with E-state index in [1.807, 2.05) is 6.07 Å². The average molecular weight is 205 g/mol. The van der Waals surface area contributed by atoms with Crippen LogP contribution >= 0.6 is 0 Å². The zero-order valence-electron chi connectivity index (χ0n) is 8.34. The van der Waals surface area contributed by atoms with Crippen molar-refractivity contribution in [2.24, 2.45) is 5.92 Å². The Morgan fingerprint density at radius 2 is 2.53 bits per heavy atom. The summed E-state index contributed by atoms with van der Waals surface area (Å²) >= 11 is 0. The molecule has 0 spiro atoms. The molecule has 0 saturated carbocycles. The first-order chi connectivity index (χ1) is 7.24. The van der Waals surface area contributed by atoms with Gasteiger partial charge in [-0.2, -0.15) is 5.26 Å². The van der Waals surface area contributed by atoms with E-state index in [9.17, 15) is 4.79 Å². The largest absolute Gasteiger partial charge is 0.469 e. The van der Waals surface area contributed by atoms with Crippen LogP contribution in [0.3, 0.4) is 0 Å². The Bertz CT molecular complexity index is 375. The first kappa shape index (κ1) is 11.1. The lowest BCUT2D eigenvalue weighted by Crippen LogP contribution is -2.20. The summed E-state index contributed by atoms with van der Waals surface area (Å²) in [6, 6.07) is 5.27. The van der Waals surface area contributed by atoms with Crippen molar-refractivity contribution < 1.29 is 13.9 Å². The molecule has 0 aromatic carbocycles. The number of allylic oxidation sites excluding steroid dienone is 1. The first-order valence-corrected chi connectivity index (χ1v) is 4.38. The maximum absolute atomic E-state index is 11.3. The molecular weight excluding hydrogens is 194 g/mol. The quantitative estimate of drug-likeness (QED) is 0.556. The van der Waals surface area contributed by atoms with E-state index in [1.165, 1.54) is 19.4 Å². The predicted octanol–water partition coefficient (Wildman–Crippen LogP) is 1.86. The molecule has 0 fully saturated rings. The molecule has 0 bridgehead atoms. The highest BCUT2D eigenvalue weighted by atomic mass is 16.5. The van der Waals surface area contributed by atoms with Crippen molar-refractivity contribution in [2.45, 2.75) is 5.92 Å². The van der Waals surface area contributed by atoms with Gasteiger partial charge in [0, 0.05) is 0 Å². The maximum atomic E-state index is 11.3. The topological polar surface area (TPSA) is 63.2 Å². The van der Waals surface area contributed by atoms with Crippen LogP contribution in [0.4, 0.5) is 0 Å². The van der Waals surface area contributed by atoms with Crippen LogP contribution in [0.2, 0.25) is 0 Å². The summed E-state index contributed by atoms with van der Waals surface area (Å²) in [5, 5.41) is 8.89. The third-order valence-corrected chi connectivity index (χ3v) is 2.08. The third kappa shape index (κ3) is 2.26. The molecule has 1 aromatic heterocycles. The van der Waals surface area contributed by atoms with Gasteiger partial charge in [-0.05, 0) is 12.1 Å². The number of hydrogen-bond donors (Lipinski definition) is 0. The summed E-state index contributed by atoms with van der Waals surface area (Å²) in [5.41, 5.74) is 0. The van der Waals surface area contributed by atoms with E-state index in [0.29, 0.717) is 5.76 Å². The van der Waals surface area contributed by atoms with E-state index >= 15 is 0 Å². The van der Waals surface area contributed by atoms with Crippen LogP contribution in [-0.2, 0) is 9.53 Å². The zero-order chi connectivity index (χ0) is 11.3. The lowest BCUT2D eigenvalue weighted by Gasteiger charge is -2.13. The Kier molecular flexibility index (Phi) is 3.69. The number of nitriles is 1. The van der Waals surface area contributed by atoms with Gasteiger partial charge >= 0.3 is 5.97 Å². The van der Waals surface area contributed by atoms with E-state index < -0.39 is 17.8 Å². The van der Waals surface area contributed by atoms with Gasteiger partial charge in [0.15, 0.2) is 5.92 Å². The Morgan fingerprint density at radius 3 is 2.93 bits per heavy atom. The van der Waals surface area contributed by atoms with E-state index in [2.05, 4.69) is 11.3 Å². The molecule has 0 radical (unpaired) electrons. The number of carbonyl (C=O) groups is 1. The van der Waals surface area contributed by atoms with Gasteiger partial charge in [0.2, 0.25) is 0 Å². The minimum absolute atomic E-state index is 0.475. The molecule has 0 amide bonds. The van der Waals surface area contributed by atoms with Gasteiger partial charge in [0.25, 0.3) is 0 Å². The Labute approximate surface area is 87.8 Å². The zero-order valence-corrected chi connectivity index (χ0v) is 8.34. The number of carbonyl (C=O) groups excluding carboxylic acids is 1. The normalized spacial score (nSPS) is 13.6. The number of ether oxygens (including phenoxy) is 1. The van der Waals surface area contributed by atoms with Gasteiger partial charge in [-0.15, -0.1) is 6.58 Å². The van der Waals surface area contributed by atoms with Crippen LogP contribution in [0.5, 0.6) is 0 Å². The molecule has 4 heteroatoms. The number of esters is 1. The first-order valence-electron chi connectivity index (χ1n) is 4.38. The van der Waals surface area contributed by atoms with Crippen LogP contribution in [-0.4, -0.2) is 13.1 Å². The second kappa shape index (κ2) is 5.01. The summed E-state index contributed by atoms with van der Waals surface area (Å²) in [6.07, 6.45) is 2.99. The van der Waals surface area contributed by atoms with Crippen LogP contribution in [0.25, 0.3) is 0 Å². The molecule has 0 N–H and O–H groups in total. The van der Waals surface area contributed by atoms with Crippen LogP contribution in [0.15, 0.2) is 35.5 Å². The van der Waals surface area contributed by atoms with Crippen LogP contribution in [0.1, 0.15) is 11.7 Å². The van der Waals surface area contributed by atoms with Crippen molar-refractivity contribution in [1.29, 1.82) is 5.26 Å². The van der Waals surface area contributed by atoms with Gasteiger partial charge in [-0.25, -0.2) is 0 Å². The molecule has 4 nitrogen and oxygen atoms in total. The highest BCUT2D eigenvalue weighted by Gasteiger charge is 2.30. The van der Waals surface area contributed by atoms with Gasteiger partial charge in [0.05, 0.1) is 25.4 Å². The molecule has 0 saturated heterocycles. The van der Waals surface area contributed by atoms with Crippen molar-refractivity contribution in [3.05, 3.63) is 36.8 Å². The van der Waals surface area contributed by atoms with Crippen LogP contribution in [0, 0.1) is 17.2 Å². The monoisotopic (exact) mass is 205 g/mol. The van der Waals surface area contributed by atoms with Crippen molar-refractivity contribution in [3.8, 4) is 6.07 Å². The number of rotatable bonds is 4. The van der Waals surface area contributed by atoms with E-state index in [0.717, 1.165) is 0 Å². The van der Waals surface area contributed by atoms with Crippen molar-refractivity contribution in [2.75, 3.05) is 7.11 Å². The van der Waals surface area contributed by atoms with Crippen molar-refractivity contribution >= 4 is 5.97 Å². The Balaban J connectivity index is 2.96. The maximum Gasteiger partial charge on any atom is 0.324 e. The molecule has 2 unspecified atom stereocenters. The fraction of sp³-hybridized carbons (Fsp3) is 0.273. The molecule has 15 heavy (non-hydrogen) atoms. The molecule has 1 aromatic rings. The van der Waals surface area contributed by atoms with Gasteiger partial charge in [0.1, 0.15) is 5.76 Å². The molecule has 0 aliphatic rings. The fourth-order valence-corrected chi connectivity index (χ4v) is 1.30.